The van der Waals surface area contributed by atoms with Gasteiger partial charge in [-0.3, -0.25) is 9.10 Å². The van der Waals surface area contributed by atoms with Crippen LogP contribution in [0.4, 0.5) is 5.69 Å². The van der Waals surface area contributed by atoms with Gasteiger partial charge in [0.2, 0.25) is 0 Å². The van der Waals surface area contributed by atoms with Crippen LogP contribution >= 0.6 is 11.6 Å². The predicted octanol–water partition coefficient (Wildman–Crippen LogP) is 3.10. The molecule has 5 nitrogen and oxygen atoms in total. The first-order valence-corrected chi connectivity index (χ1v) is 8.76. The van der Waals surface area contributed by atoms with Crippen LogP contribution in [0.15, 0.2) is 59.5 Å². The summed E-state index contributed by atoms with van der Waals surface area (Å²) in [6.07, 6.45) is 0. The van der Waals surface area contributed by atoms with E-state index in [0.29, 0.717) is 10.7 Å². The third-order valence-corrected chi connectivity index (χ3v) is 5.03. The zero-order valence-corrected chi connectivity index (χ0v) is 14.0. The monoisotopic (exact) mass is 353 g/mol. The van der Waals surface area contributed by atoms with Gasteiger partial charge in [-0.2, -0.15) is 0 Å². The molecule has 2 rings (SSSR count). The molecule has 0 bridgehead atoms. The van der Waals surface area contributed by atoms with Gasteiger partial charge in [0.1, 0.15) is 6.54 Å². The van der Waals surface area contributed by atoms with Crippen molar-refractivity contribution in [3.8, 4) is 0 Å². The number of nitrogens with zero attached hydrogens (tertiary/aromatic N) is 1. The second kappa shape index (κ2) is 7.48. The van der Waals surface area contributed by atoms with Crippen LogP contribution in [0.25, 0.3) is 0 Å². The minimum Gasteiger partial charge on any atom is -0.465 e. The Kier molecular flexibility index (Phi) is 5.63. The van der Waals surface area contributed by atoms with Gasteiger partial charge in [-0.25, -0.2) is 8.42 Å². The molecule has 0 saturated heterocycles. The maximum atomic E-state index is 12.9. The molecule has 0 aliphatic rings. The summed E-state index contributed by atoms with van der Waals surface area (Å²) in [5.41, 5.74) is 0.300. The number of esters is 1. The first kappa shape index (κ1) is 17.3. The minimum absolute atomic E-state index is 0.0873. The molecule has 0 fully saturated rings. The van der Waals surface area contributed by atoms with Crippen LogP contribution < -0.4 is 4.31 Å². The minimum atomic E-state index is -3.91. The summed E-state index contributed by atoms with van der Waals surface area (Å²) < 4.78 is 31.6. The van der Waals surface area contributed by atoms with E-state index in [1.807, 2.05) is 0 Å². The van der Waals surface area contributed by atoms with Gasteiger partial charge in [0, 0.05) is 5.02 Å². The number of anilines is 1. The van der Waals surface area contributed by atoms with Gasteiger partial charge in [0.05, 0.1) is 17.2 Å². The van der Waals surface area contributed by atoms with E-state index in [1.165, 1.54) is 18.2 Å². The van der Waals surface area contributed by atoms with Gasteiger partial charge >= 0.3 is 5.97 Å². The molecule has 0 saturated carbocycles. The molecule has 122 valence electrons. The fraction of sp³-hybridized carbons (Fsp3) is 0.188. The molecule has 0 heterocycles. The van der Waals surface area contributed by atoms with Gasteiger partial charge in [-0.1, -0.05) is 35.9 Å². The Labute approximate surface area is 140 Å². The Bertz CT molecular complexity index is 778. The van der Waals surface area contributed by atoms with Gasteiger partial charge in [-0.05, 0) is 37.3 Å². The van der Waals surface area contributed by atoms with E-state index < -0.39 is 22.5 Å². The summed E-state index contributed by atoms with van der Waals surface area (Å²) in [6.45, 7) is 1.41. The average molecular weight is 354 g/mol. The number of hydrogen-bond acceptors (Lipinski definition) is 4. The molecule has 0 aliphatic heterocycles. The lowest BCUT2D eigenvalue weighted by atomic mass is 10.3. The smallest absolute Gasteiger partial charge is 0.326 e. The Morgan fingerprint density at radius 3 is 2.43 bits per heavy atom. The number of halogens is 1. The summed E-state index contributed by atoms with van der Waals surface area (Å²) >= 11 is 5.95. The third kappa shape index (κ3) is 4.24. The molecule has 0 amide bonds. The van der Waals surface area contributed by atoms with Crippen LogP contribution in [0.3, 0.4) is 0 Å². The van der Waals surface area contributed by atoms with Crippen molar-refractivity contribution in [2.75, 3.05) is 17.5 Å². The van der Waals surface area contributed by atoms with Crippen molar-refractivity contribution in [3.63, 3.8) is 0 Å². The molecule has 7 heteroatoms. The van der Waals surface area contributed by atoms with Gasteiger partial charge < -0.3 is 4.74 Å². The zero-order chi connectivity index (χ0) is 16.9. The standard InChI is InChI=1S/C16H16ClNO4S/c1-2-22-16(19)12-18(14-8-6-7-13(17)11-14)23(20,21)15-9-4-3-5-10-15/h3-11H,2,12H2,1H3. The molecule has 0 spiro atoms. The van der Waals surface area contributed by atoms with Crippen LogP contribution in [0.2, 0.25) is 5.02 Å². The Morgan fingerprint density at radius 2 is 1.83 bits per heavy atom. The highest BCUT2D eigenvalue weighted by molar-refractivity contribution is 7.92. The average Bonchev–Trinajstić information content (AvgIpc) is 2.53. The summed E-state index contributed by atoms with van der Waals surface area (Å²) in [5.74, 6) is -0.632. The summed E-state index contributed by atoms with van der Waals surface area (Å²) in [6, 6.07) is 14.2. The first-order valence-electron chi connectivity index (χ1n) is 6.94. The fourth-order valence-electron chi connectivity index (χ4n) is 1.99. The molecule has 0 unspecified atom stereocenters. The van der Waals surface area contributed by atoms with E-state index in [1.54, 1.807) is 43.3 Å². The van der Waals surface area contributed by atoms with Crippen LogP contribution in [-0.4, -0.2) is 27.5 Å². The first-order chi connectivity index (χ1) is 10.9. The van der Waals surface area contributed by atoms with E-state index in [9.17, 15) is 13.2 Å². The topological polar surface area (TPSA) is 63.7 Å². The fourth-order valence-corrected chi connectivity index (χ4v) is 3.60. The Morgan fingerprint density at radius 1 is 1.13 bits per heavy atom. The third-order valence-electron chi connectivity index (χ3n) is 3.01. The maximum absolute atomic E-state index is 12.9. The number of sulfonamides is 1. The summed E-state index contributed by atoms with van der Waals surface area (Å²) in [4.78, 5) is 11.9. The lowest BCUT2D eigenvalue weighted by Gasteiger charge is -2.23. The largest absolute Gasteiger partial charge is 0.465 e. The maximum Gasteiger partial charge on any atom is 0.326 e. The van der Waals surface area contributed by atoms with E-state index in [4.69, 9.17) is 16.3 Å². The normalized spacial score (nSPS) is 11.0. The van der Waals surface area contributed by atoms with Crippen LogP contribution in [0.1, 0.15) is 6.92 Å². The Hall–Kier alpha value is -2.05. The highest BCUT2D eigenvalue weighted by Crippen LogP contribution is 2.26. The van der Waals surface area contributed by atoms with Crippen molar-refractivity contribution in [2.24, 2.45) is 0 Å². The van der Waals surface area contributed by atoms with Crippen molar-refractivity contribution in [3.05, 3.63) is 59.6 Å². The highest BCUT2D eigenvalue weighted by atomic mass is 35.5. The number of ether oxygens (including phenoxy) is 1. The van der Waals surface area contributed by atoms with Crippen LogP contribution in [-0.2, 0) is 19.6 Å². The number of rotatable bonds is 6. The second-order valence-corrected chi connectivity index (χ2v) is 6.91. The lowest BCUT2D eigenvalue weighted by Crippen LogP contribution is -2.36. The molecule has 0 radical (unpaired) electrons. The van der Waals surface area contributed by atoms with Crippen LogP contribution in [0.5, 0.6) is 0 Å². The molecule has 23 heavy (non-hydrogen) atoms. The zero-order valence-electron chi connectivity index (χ0n) is 12.5. The molecule has 2 aromatic rings. The Balaban J connectivity index is 2.47. The van der Waals surface area contributed by atoms with E-state index in [0.717, 1.165) is 4.31 Å². The molecule has 0 aliphatic carbocycles. The molecule has 2 aromatic carbocycles. The number of hydrogen-bond donors (Lipinski definition) is 0. The van der Waals surface area contributed by atoms with E-state index in [-0.39, 0.29) is 11.5 Å². The number of carbonyl (C=O) groups excluding carboxylic acids is 1. The van der Waals surface area contributed by atoms with Gasteiger partial charge in [-0.15, -0.1) is 0 Å². The molecular formula is C16H16ClNO4S. The van der Waals surface area contributed by atoms with Gasteiger partial charge in [0.15, 0.2) is 0 Å². The number of benzene rings is 2. The van der Waals surface area contributed by atoms with Crippen LogP contribution in [0, 0.1) is 0 Å². The number of carbonyl (C=O) groups is 1. The second-order valence-electron chi connectivity index (χ2n) is 4.61. The quantitative estimate of drug-likeness (QED) is 0.748. The van der Waals surface area contributed by atoms with Crippen molar-refractivity contribution in [2.45, 2.75) is 11.8 Å². The molecule has 0 atom stereocenters. The molecule has 0 N–H and O–H groups in total. The van der Waals surface area contributed by atoms with Crippen molar-refractivity contribution >= 4 is 33.3 Å². The molecular weight excluding hydrogens is 338 g/mol. The SMILES string of the molecule is CCOC(=O)CN(c1cccc(Cl)c1)S(=O)(=O)c1ccccc1. The van der Waals surface area contributed by atoms with E-state index >= 15 is 0 Å². The van der Waals surface area contributed by atoms with Crippen molar-refractivity contribution in [1.82, 2.24) is 0 Å². The van der Waals surface area contributed by atoms with Gasteiger partial charge in [0.25, 0.3) is 10.0 Å². The predicted molar refractivity (Wildman–Crippen MR) is 89.1 cm³/mol. The lowest BCUT2D eigenvalue weighted by molar-refractivity contribution is -0.141. The summed E-state index contributed by atoms with van der Waals surface area (Å²) in [5, 5.41) is 0.375. The molecule has 0 aromatic heterocycles. The van der Waals surface area contributed by atoms with Crippen molar-refractivity contribution in [1.29, 1.82) is 0 Å². The summed E-state index contributed by atoms with van der Waals surface area (Å²) in [7, 11) is -3.91. The van der Waals surface area contributed by atoms with E-state index in [2.05, 4.69) is 0 Å². The highest BCUT2D eigenvalue weighted by Gasteiger charge is 2.27. The van der Waals surface area contributed by atoms with Crippen molar-refractivity contribution < 1.29 is 17.9 Å².